The highest BCUT2D eigenvalue weighted by molar-refractivity contribution is 8.00. The molecule has 17 nitrogen and oxygen atoms in total. The molecule has 0 spiro atoms. The highest BCUT2D eigenvalue weighted by Gasteiger charge is 2.78. The zero-order chi connectivity index (χ0) is 50.1. The van der Waals surface area contributed by atoms with Crippen LogP contribution < -0.4 is 5.32 Å². The molecule has 2 aromatic carbocycles. The molecule has 370 valence electrons. The van der Waals surface area contributed by atoms with Crippen molar-refractivity contribution < 1.29 is 76.6 Å². The van der Waals surface area contributed by atoms with Crippen LogP contribution in [-0.4, -0.2) is 132 Å². The van der Waals surface area contributed by atoms with Gasteiger partial charge in [-0.3, -0.25) is 19.2 Å². The number of aliphatic hydroxyl groups is 1. The van der Waals surface area contributed by atoms with Crippen molar-refractivity contribution in [2.75, 3.05) is 32.3 Å². The first-order valence-corrected chi connectivity index (χ1v) is 23.6. The number of amides is 1. The van der Waals surface area contributed by atoms with Gasteiger partial charge in [0.25, 0.3) is 0 Å². The molecule has 18 heteroatoms. The Morgan fingerprint density at radius 1 is 0.912 bits per heavy atom. The first-order valence-electron chi connectivity index (χ1n) is 22.5. The fraction of sp³-hybridized carbons (Fsp3) is 0.580. The Kier molecular flexibility index (Phi) is 15.4. The minimum absolute atomic E-state index is 0.0160. The minimum atomic E-state index is -2.30. The minimum Gasteiger partial charge on any atom is -0.455 e. The monoisotopic (exact) mass is 965 g/mol. The molecule has 4 aliphatic rings. The van der Waals surface area contributed by atoms with E-state index in [0.29, 0.717) is 11.1 Å². The lowest BCUT2D eigenvalue weighted by Crippen LogP contribution is -2.82. The largest absolute Gasteiger partial charge is 0.455 e. The number of alkyl carbamates (subject to hydrolysis) is 1. The van der Waals surface area contributed by atoms with E-state index in [1.54, 1.807) is 97.0 Å². The van der Waals surface area contributed by atoms with Crippen LogP contribution in [-0.2, 0) is 61.9 Å². The number of rotatable bonds is 15. The third kappa shape index (κ3) is 9.84. The van der Waals surface area contributed by atoms with Crippen LogP contribution in [0, 0.1) is 16.7 Å². The van der Waals surface area contributed by atoms with Crippen LogP contribution in [0.15, 0.2) is 71.8 Å². The summed E-state index contributed by atoms with van der Waals surface area (Å²) in [5.74, 6) is -6.15. The Bertz CT molecular complexity index is 2300. The fourth-order valence-electron chi connectivity index (χ4n) is 10.6. The van der Waals surface area contributed by atoms with Gasteiger partial charge in [0.05, 0.1) is 41.1 Å². The van der Waals surface area contributed by atoms with Gasteiger partial charge in [0.2, 0.25) is 6.10 Å². The van der Waals surface area contributed by atoms with E-state index in [0.717, 1.165) is 11.8 Å². The summed E-state index contributed by atoms with van der Waals surface area (Å²) in [6.45, 7) is 13.9. The molecule has 2 bridgehead atoms. The second kappa shape index (κ2) is 20.1. The van der Waals surface area contributed by atoms with E-state index in [9.17, 15) is 29.1 Å². The van der Waals surface area contributed by atoms with Crippen LogP contribution in [0.25, 0.3) is 0 Å². The molecule has 0 radical (unpaired) electrons. The average molecular weight is 966 g/mol. The molecular formula is C50H63NO16S. The number of thioether (sulfide) groups is 1. The molecule has 1 aliphatic heterocycles. The Morgan fingerprint density at radius 3 is 2.09 bits per heavy atom. The number of methoxy groups -OCH3 is 2. The molecule has 1 saturated heterocycles. The number of fused-ring (bicyclic) bond motifs is 5. The van der Waals surface area contributed by atoms with Gasteiger partial charge in [-0.2, -0.15) is 0 Å². The lowest BCUT2D eigenvalue weighted by molar-refractivity contribution is -0.347. The number of benzene rings is 2. The van der Waals surface area contributed by atoms with Crippen molar-refractivity contribution in [2.24, 2.45) is 16.7 Å². The molecule has 2 aromatic rings. The lowest BCUT2D eigenvalue weighted by atomic mass is 9.44. The maximum Gasteiger partial charge on any atom is 0.408 e. The van der Waals surface area contributed by atoms with Gasteiger partial charge in [0.1, 0.15) is 47.4 Å². The van der Waals surface area contributed by atoms with Crippen LogP contribution in [0.3, 0.4) is 0 Å². The molecule has 3 aliphatic carbocycles. The van der Waals surface area contributed by atoms with Gasteiger partial charge in [-0.15, -0.1) is 11.8 Å². The summed E-state index contributed by atoms with van der Waals surface area (Å²) in [4.78, 5) is 97.3. The Morgan fingerprint density at radius 2 is 1.54 bits per heavy atom. The zero-order valence-electron chi connectivity index (χ0n) is 40.4. The van der Waals surface area contributed by atoms with E-state index in [1.165, 1.54) is 40.2 Å². The highest BCUT2D eigenvalue weighted by atomic mass is 32.2. The number of carbonyl (C=O) groups is 7. The molecular weight excluding hydrogens is 903 g/mol. The summed E-state index contributed by atoms with van der Waals surface area (Å²) in [6, 6.07) is 14.8. The third-order valence-electron chi connectivity index (χ3n) is 13.8. The van der Waals surface area contributed by atoms with Crippen molar-refractivity contribution in [3.05, 3.63) is 82.9 Å². The van der Waals surface area contributed by atoms with Crippen LogP contribution in [0.2, 0.25) is 0 Å². The van der Waals surface area contributed by atoms with Gasteiger partial charge in [0.15, 0.2) is 11.4 Å². The van der Waals surface area contributed by atoms with Gasteiger partial charge in [-0.25, -0.2) is 14.4 Å². The predicted molar refractivity (Wildman–Crippen MR) is 245 cm³/mol. The standard InChI is InChI=1S/C50H63NO16S/c1-27(52)24-68-25-35(54)64-39(37(30-18-14-12-15-19-30)51-45(58)67-46(4,5)6)44(57)63-32-23-50(59)42(65-43(56)31-20-16-13-17-21-31)40-48(9,41(55)38(61-11)36(28(32)2)47(50,7)8)33(60-10)22-34-49(40,26-62-34)66-29(3)53/h12-21,32-34,37-40,42,59H,22-26H2,1-11H3,(H,51,58)/t32-,33-,34?,37-,38+,39+,40?,42?,48+,49-,50+/m0/s1. The van der Waals surface area contributed by atoms with Crippen molar-refractivity contribution in [2.45, 2.75) is 135 Å². The van der Waals surface area contributed by atoms with Gasteiger partial charge < -0.3 is 48.3 Å². The normalized spacial score (nSPS) is 30.3. The molecule has 11 atom stereocenters. The first-order chi connectivity index (χ1) is 31.9. The summed E-state index contributed by atoms with van der Waals surface area (Å²) in [5, 5.41) is 16.6. The van der Waals surface area contributed by atoms with Gasteiger partial charge in [-0.1, -0.05) is 62.4 Å². The second-order valence-electron chi connectivity index (χ2n) is 19.7. The van der Waals surface area contributed by atoms with E-state index in [1.807, 2.05) is 0 Å². The van der Waals surface area contributed by atoms with Crippen LogP contribution >= 0.6 is 11.8 Å². The van der Waals surface area contributed by atoms with Crippen LogP contribution in [0.4, 0.5) is 4.79 Å². The van der Waals surface area contributed by atoms with Crippen molar-refractivity contribution in [3.8, 4) is 0 Å². The van der Waals surface area contributed by atoms with Crippen molar-refractivity contribution in [1.82, 2.24) is 5.32 Å². The van der Waals surface area contributed by atoms with Crippen LogP contribution in [0.5, 0.6) is 0 Å². The number of hydrogen-bond donors (Lipinski definition) is 2. The lowest BCUT2D eigenvalue weighted by Gasteiger charge is -2.67. The smallest absolute Gasteiger partial charge is 0.408 e. The van der Waals surface area contributed by atoms with E-state index in [2.05, 4.69) is 5.32 Å². The van der Waals surface area contributed by atoms with Crippen molar-refractivity contribution in [1.29, 1.82) is 0 Å². The number of nitrogens with one attached hydrogen (secondary N) is 1. The maximum absolute atomic E-state index is 15.7. The van der Waals surface area contributed by atoms with E-state index >= 15 is 9.59 Å². The Hall–Kier alpha value is -5.14. The topological polar surface area (TPSA) is 226 Å². The number of carbonyl (C=O) groups excluding carboxylic acids is 7. The summed E-state index contributed by atoms with van der Waals surface area (Å²) >= 11 is 0.963. The Balaban J connectivity index is 1.55. The molecule has 2 N–H and O–H groups in total. The summed E-state index contributed by atoms with van der Waals surface area (Å²) in [5.41, 5.74) is -7.22. The quantitative estimate of drug-likeness (QED) is 0.129. The number of hydrogen-bond acceptors (Lipinski definition) is 17. The molecule has 0 aromatic heterocycles. The first kappa shape index (κ1) is 52.2. The molecule has 3 unspecified atom stereocenters. The Labute approximate surface area is 400 Å². The number of Topliss-reactive ketones (excluding diaryl/α,β-unsaturated/α-hetero) is 2. The molecule has 1 amide bonds. The second-order valence-corrected chi connectivity index (χ2v) is 20.6. The summed E-state index contributed by atoms with van der Waals surface area (Å²) < 4.78 is 48.9. The molecule has 2 saturated carbocycles. The van der Waals surface area contributed by atoms with E-state index in [4.69, 9.17) is 37.9 Å². The third-order valence-corrected chi connectivity index (χ3v) is 14.8. The highest BCUT2D eigenvalue weighted by Crippen LogP contribution is 2.65. The molecule has 1 heterocycles. The SMILES string of the molecule is CO[C@H]1C(=O)[C@@]2(C)C(C(OC(=O)c3ccccc3)[C@]3(O)C[C@H](OC(=O)[C@H](OC(=O)CSCC(C)=O)[C@@H](NC(=O)OC(C)(C)C)c4ccccc4)C(C)=C1C3(C)C)[C@]1(OC(C)=O)COC1C[C@@H]2OC. The maximum atomic E-state index is 15.7. The number of ether oxygens (including phenoxy) is 8. The van der Waals surface area contributed by atoms with Gasteiger partial charge >= 0.3 is 30.0 Å². The summed E-state index contributed by atoms with van der Waals surface area (Å²) in [7, 11) is 2.75. The molecule has 6 rings (SSSR count). The number of esters is 4. The number of ketones is 2. The van der Waals surface area contributed by atoms with Crippen molar-refractivity contribution in [3.63, 3.8) is 0 Å². The zero-order valence-corrected chi connectivity index (χ0v) is 41.2. The van der Waals surface area contributed by atoms with E-state index < -0.39 is 118 Å². The summed E-state index contributed by atoms with van der Waals surface area (Å²) in [6.07, 6.45) is -9.68. The van der Waals surface area contributed by atoms with Gasteiger partial charge in [0, 0.05) is 39.4 Å². The van der Waals surface area contributed by atoms with Crippen LogP contribution in [0.1, 0.15) is 97.1 Å². The fourth-order valence-corrected chi connectivity index (χ4v) is 11.3. The molecule has 3 fully saturated rings. The van der Waals surface area contributed by atoms with Crippen molar-refractivity contribution >= 4 is 53.3 Å². The predicted octanol–water partition coefficient (Wildman–Crippen LogP) is 5.44. The van der Waals surface area contributed by atoms with E-state index in [-0.39, 0.29) is 41.5 Å². The average Bonchev–Trinajstić information content (AvgIpc) is 3.26. The molecule has 68 heavy (non-hydrogen) atoms. The van der Waals surface area contributed by atoms with Gasteiger partial charge in [-0.05, 0) is 70.4 Å².